The number of aliphatic hydroxyl groups is 1. The maximum Gasteiger partial charge on any atom is 0.241 e. The molecule has 1 aliphatic carbocycles. The summed E-state index contributed by atoms with van der Waals surface area (Å²) in [6.07, 6.45) is 7.16. The Labute approximate surface area is 171 Å². The number of hydrogen-bond donors (Lipinski definition) is 2. The van der Waals surface area contributed by atoms with Gasteiger partial charge in [0.25, 0.3) is 0 Å². The third kappa shape index (κ3) is 4.26. The molecule has 0 spiro atoms. The minimum absolute atomic E-state index is 0.114. The minimum atomic E-state index is -0.179. The lowest BCUT2D eigenvalue weighted by molar-refractivity contribution is 0.121. The fourth-order valence-corrected chi connectivity index (χ4v) is 4.20. The molecule has 154 valence electrons. The number of nitrogens with one attached hydrogen (secondary N) is 1. The van der Waals surface area contributed by atoms with E-state index in [0.717, 1.165) is 48.0 Å². The number of aryl methyl sites for hydroxylation is 1. The van der Waals surface area contributed by atoms with Crippen molar-refractivity contribution < 1.29 is 9.84 Å². The molecule has 4 rings (SSSR count). The number of methoxy groups -OCH3 is 1. The second kappa shape index (κ2) is 8.47. The molecule has 3 aromatic rings. The van der Waals surface area contributed by atoms with Crippen LogP contribution < -0.4 is 5.32 Å². The summed E-state index contributed by atoms with van der Waals surface area (Å²) in [6.45, 7) is 4.63. The van der Waals surface area contributed by atoms with Crippen LogP contribution in [0.15, 0.2) is 30.6 Å². The first-order valence-corrected chi connectivity index (χ1v) is 10.3. The van der Waals surface area contributed by atoms with Crippen molar-refractivity contribution in [1.29, 1.82) is 0 Å². The van der Waals surface area contributed by atoms with E-state index in [-0.39, 0.29) is 12.1 Å². The highest BCUT2D eigenvalue weighted by Gasteiger charge is 2.25. The predicted molar refractivity (Wildman–Crippen MR) is 113 cm³/mol. The largest absolute Gasteiger partial charge is 0.393 e. The number of ether oxygens (including phenoxy) is 1. The fourth-order valence-electron chi connectivity index (χ4n) is 4.20. The Morgan fingerprint density at radius 2 is 2.03 bits per heavy atom. The summed E-state index contributed by atoms with van der Waals surface area (Å²) in [4.78, 5) is 8.88. The van der Waals surface area contributed by atoms with Crippen LogP contribution in [0.3, 0.4) is 0 Å². The lowest BCUT2D eigenvalue weighted by atomic mass is 9.85. The first-order valence-electron chi connectivity index (χ1n) is 10.3. The van der Waals surface area contributed by atoms with Gasteiger partial charge in [-0.05, 0) is 63.3 Å². The zero-order valence-electron chi connectivity index (χ0n) is 17.3. The van der Waals surface area contributed by atoms with Gasteiger partial charge in [-0.3, -0.25) is 4.98 Å². The topological polar surface area (TPSA) is 84.6 Å². The van der Waals surface area contributed by atoms with Gasteiger partial charge in [0.2, 0.25) is 5.95 Å². The Morgan fingerprint density at radius 1 is 1.24 bits per heavy atom. The third-order valence-electron chi connectivity index (χ3n) is 5.66. The van der Waals surface area contributed by atoms with Crippen LogP contribution in [-0.4, -0.2) is 50.6 Å². The second-order valence-corrected chi connectivity index (χ2v) is 8.05. The van der Waals surface area contributed by atoms with Crippen LogP contribution in [0.4, 0.5) is 5.95 Å². The molecular formula is C22H29N5O2. The highest BCUT2D eigenvalue weighted by atomic mass is 16.5. The molecule has 1 saturated carbocycles. The highest BCUT2D eigenvalue weighted by molar-refractivity contribution is 5.81. The van der Waals surface area contributed by atoms with E-state index in [9.17, 15) is 5.11 Å². The first kappa shape index (κ1) is 19.8. The van der Waals surface area contributed by atoms with E-state index < -0.39 is 0 Å². The van der Waals surface area contributed by atoms with Gasteiger partial charge >= 0.3 is 0 Å². The van der Waals surface area contributed by atoms with Gasteiger partial charge in [0, 0.05) is 42.2 Å². The minimum Gasteiger partial charge on any atom is -0.393 e. The van der Waals surface area contributed by atoms with E-state index in [4.69, 9.17) is 9.84 Å². The molecule has 29 heavy (non-hydrogen) atoms. The molecule has 0 saturated heterocycles. The van der Waals surface area contributed by atoms with Crippen LogP contribution in [0.2, 0.25) is 0 Å². The standard InChI is InChI=1S/C22H29N5O2/c1-14-10-17(8-9-23-14)19-11-20(16-4-6-18(28)7-5-16)27-21(19)12-24-22(26-27)25-15(2)13-29-3/h8-12,15-16,18,28H,4-7,13H2,1-3H3,(H,25,26)/t15-,16?,18?/m0/s1. The molecule has 3 heterocycles. The van der Waals surface area contributed by atoms with E-state index in [1.54, 1.807) is 7.11 Å². The molecule has 0 unspecified atom stereocenters. The molecule has 0 aliphatic heterocycles. The van der Waals surface area contributed by atoms with Crippen LogP contribution >= 0.6 is 0 Å². The van der Waals surface area contributed by atoms with Crippen molar-refractivity contribution in [3.05, 3.63) is 42.0 Å². The third-order valence-corrected chi connectivity index (χ3v) is 5.66. The number of pyridine rings is 1. The summed E-state index contributed by atoms with van der Waals surface area (Å²) < 4.78 is 7.24. The zero-order chi connectivity index (χ0) is 20.4. The highest BCUT2D eigenvalue weighted by Crippen LogP contribution is 2.37. The fraction of sp³-hybridized carbons (Fsp3) is 0.500. The van der Waals surface area contributed by atoms with Crippen molar-refractivity contribution in [3.63, 3.8) is 0 Å². The molecule has 0 amide bonds. The molecule has 3 aromatic heterocycles. The number of anilines is 1. The van der Waals surface area contributed by atoms with Gasteiger partial charge in [-0.15, -0.1) is 5.10 Å². The monoisotopic (exact) mass is 395 g/mol. The van der Waals surface area contributed by atoms with Crippen molar-refractivity contribution in [1.82, 2.24) is 19.6 Å². The molecule has 1 aliphatic rings. The molecule has 7 nitrogen and oxygen atoms in total. The molecule has 0 aromatic carbocycles. The number of nitrogens with zero attached hydrogens (tertiary/aromatic N) is 4. The summed E-state index contributed by atoms with van der Waals surface area (Å²) in [5.41, 5.74) is 5.39. The van der Waals surface area contributed by atoms with Crippen molar-refractivity contribution in [2.24, 2.45) is 0 Å². The average molecular weight is 396 g/mol. The van der Waals surface area contributed by atoms with Crippen LogP contribution in [0, 0.1) is 6.92 Å². The van der Waals surface area contributed by atoms with Crippen molar-refractivity contribution in [2.45, 2.75) is 57.6 Å². The molecule has 0 bridgehead atoms. The average Bonchev–Trinajstić information content (AvgIpc) is 3.08. The normalized spacial score (nSPS) is 20.7. The first-order chi connectivity index (χ1) is 14.0. The van der Waals surface area contributed by atoms with Crippen molar-refractivity contribution in [2.75, 3.05) is 19.0 Å². The second-order valence-electron chi connectivity index (χ2n) is 8.05. The van der Waals surface area contributed by atoms with Gasteiger partial charge in [0.1, 0.15) is 0 Å². The zero-order valence-corrected chi connectivity index (χ0v) is 17.3. The van der Waals surface area contributed by atoms with Gasteiger partial charge in [-0.25, -0.2) is 9.50 Å². The smallest absolute Gasteiger partial charge is 0.241 e. The molecule has 7 heteroatoms. The van der Waals surface area contributed by atoms with Gasteiger partial charge in [0.05, 0.1) is 24.4 Å². The van der Waals surface area contributed by atoms with Crippen LogP contribution in [0.5, 0.6) is 0 Å². The van der Waals surface area contributed by atoms with Crippen LogP contribution in [0.25, 0.3) is 16.6 Å². The Bertz CT molecular complexity index is 978. The molecule has 1 fully saturated rings. The van der Waals surface area contributed by atoms with Gasteiger partial charge < -0.3 is 15.2 Å². The van der Waals surface area contributed by atoms with E-state index in [1.165, 1.54) is 5.69 Å². The van der Waals surface area contributed by atoms with E-state index >= 15 is 0 Å². The van der Waals surface area contributed by atoms with E-state index in [0.29, 0.717) is 18.5 Å². The summed E-state index contributed by atoms with van der Waals surface area (Å²) in [6, 6.07) is 6.48. The summed E-state index contributed by atoms with van der Waals surface area (Å²) in [5.74, 6) is 0.967. The number of aliphatic hydroxyl groups excluding tert-OH is 1. The number of hydrogen-bond acceptors (Lipinski definition) is 6. The Kier molecular flexibility index (Phi) is 5.78. The summed E-state index contributed by atoms with van der Waals surface area (Å²) in [5, 5.41) is 18.1. The van der Waals surface area contributed by atoms with Crippen molar-refractivity contribution in [3.8, 4) is 11.1 Å². The number of rotatable bonds is 6. The van der Waals surface area contributed by atoms with E-state index in [2.05, 4.69) is 27.4 Å². The summed E-state index contributed by atoms with van der Waals surface area (Å²) >= 11 is 0. The Hall–Kier alpha value is -2.51. The van der Waals surface area contributed by atoms with Crippen molar-refractivity contribution >= 4 is 11.5 Å². The molecular weight excluding hydrogens is 366 g/mol. The Morgan fingerprint density at radius 3 is 2.76 bits per heavy atom. The molecule has 2 N–H and O–H groups in total. The number of fused-ring (bicyclic) bond motifs is 1. The predicted octanol–water partition coefficient (Wildman–Crippen LogP) is 3.57. The number of aromatic nitrogens is 4. The molecule has 1 atom stereocenters. The quantitative estimate of drug-likeness (QED) is 0.664. The van der Waals surface area contributed by atoms with Gasteiger partial charge in [0.15, 0.2) is 0 Å². The van der Waals surface area contributed by atoms with Gasteiger partial charge in [-0.1, -0.05) is 0 Å². The maximum absolute atomic E-state index is 9.93. The van der Waals surface area contributed by atoms with Gasteiger partial charge in [-0.2, -0.15) is 0 Å². The summed E-state index contributed by atoms with van der Waals surface area (Å²) in [7, 11) is 1.69. The van der Waals surface area contributed by atoms with Crippen LogP contribution in [-0.2, 0) is 4.74 Å². The lowest BCUT2D eigenvalue weighted by Gasteiger charge is -2.25. The Balaban J connectivity index is 1.78. The van der Waals surface area contributed by atoms with Crippen LogP contribution in [0.1, 0.15) is 49.9 Å². The SMILES string of the molecule is COC[C@H](C)Nc1ncc2c(-c3ccnc(C)c3)cc(C3CCC(O)CC3)n2n1. The van der Waals surface area contributed by atoms with E-state index in [1.807, 2.05) is 36.8 Å². The lowest BCUT2D eigenvalue weighted by Crippen LogP contribution is -2.23. The maximum atomic E-state index is 9.93. The molecule has 0 radical (unpaired) electrons.